The normalized spacial score (nSPS) is 12.8. The van der Waals surface area contributed by atoms with E-state index in [1.807, 2.05) is 0 Å². The molecule has 3 heteroatoms. The Morgan fingerprint density at radius 1 is 0.250 bits per heavy atom. The van der Waals surface area contributed by atoms with Crippen LogP contribution in [0.15, 0.2) is 303 Å². The summed E-state index contributed by atoms with van der Waals surface area (Å²) < 4.78 is 4.95. The van der Waals surface area contributed by atoms with E-state index in [0.717, 1.165) is 11.4 Å². The quantitative estimate of drug-likeness (QED) is 0.101. The van der Waals surface area contributed by atoms with Crippen molar-refractivity contribution < 1.29 is 0 Å². The Bertz CT molecular complexity index is 4360. The van der Waals surface area contributed by atoms with Gasteiger partial charge in [-0.05, 0) is 126 Å². The van der Waals surface area contributed by atoms with Crippen LogP contribution < -0.4 is 20.7 Å². The van der Waals surface area contributed by atoms with Crippen molar-refractivity contribution in [3.63, 3.8) is 0 Å². The molecule has 356 valence electrons. The molecule has 15 rings (SSSR count). The van der Waals surface area contributed by atoms with Gasteiger partial charge in [0.05, 0.1) is 27.5 Å². The molecule has 2 heterocycles. The Hall–Kier alpha value is -9.54. The average Bonchev–Trinajstić information content (AvgIpc) is 4.17. The molecule has 0 saturated heterocycles. The van der Waals surface area contributed by atoms with Crippen molar-refractivity contribution in [1.29, 1.82) is 0 Å². The van der Waals surface area contributed by atoms with Crippen LogP contribution in [0.25, 0.3) is 77.2 Å². The van der Waals surface area contributed by atoms with Crippen molar-refractivity contribution in [2.45, 2.75) is 5.41 Å². The van der Waals surface area contributed by atoms with E-state index in [-0.39, 0.29) is 0 Å². The van der Waals surface area contributed by atoms with Crippen LogP contribution in [0.4, 0.5) is 0 Å². The van der Waals surface area contributed by atoms with Crippen LogP contribution in [0.3, 0.4) is 0 Å². The average molecular weight is 983 g/mol. The fraction of sp³-hybridized carbons (Fsp3) is 0.0137. The zero-order valence-electron chi connectivity index (χ0n) is 41.8. The summed E-state index contributed by atoms with van der Waals surface area (Å²) in [6.45, 7) is 0. The second-order valence-electron chi connectivity index (χ2n) is 20.3. The second kappa shape index (κ2) is 17.6. The van der Waals surface area contributed by atoms with Gasteiger partial charge in [-0.25, -0.2) is 0 Å². The van der Waals surface area contributed by atoms with Crippen molar-refractivity contribution in [3.8, 4) is 33.6 Å². The number of aromatic nitrogens is 2. The Morgan fingerprint density at radius 2 is 0.671 bits per heavy atom. The molecule has 14 aromatic rings. The van der Waals surface area contributed by atoms with Gasteiger partial charge >= 0.3 is 0 Å². The number of rotatable bonds is 9. The molecule has 0 saturated carbocycles. The van der Waals surface area contributed by atoms with Crippen LogP contribution in [-0.2, 0) is 5.41 Å². The van der Waals surface area contributed by atoms with Crippen LogP contribution in [0.5, 0.6) is 0 Å². The first-order valence-corrected chi connectivity index (χ1v) is 28.4. The number of fused-ring (bicyclic) bond motifs is 9. The summed E-state index contributed by atoms with van der Waals surface area (Å²) in [6.07, 6.45) is 0. The third kappa shape index (κ3) is 6.46. The molecule has 0 aliphatic heterocycles. The molecular formula is C73H50N2Si. The molecule has 1 aliphatic rings. The van der Waals surface area contributed by atoms with Crippen LogP contribution in [0.2, 0.25) is 0 Å². The highest BCUT2D eigenvalue weighted by atomic mass is 28.3. The molecule has 1 aliphatic carbocycles. The number of nitrogens with zero attached hydrogens (tertiary/aromatic N) is 2. The molecular weight excluding hydrogens is 933 g/mol. The lowest BCUT2D eigenvalue weighted by molar-refractivity contribution is 0.768. The van der Waals surface area contributed by atoms with E-state index in [0.29, 0.717) is 0 Å². The maximum absolute atomic E-state index is 2.77. The van der Waals surface area contributed by atoms with E-state index in [4.69, 9.17) is 0 Å². The lowest BCUT2D eigenvalue weighted by atomic mass is 9.67. The lowest BCUT2D eigenvalue weighted by Crippen LogP contribution is -2.74. The summed E-state index contributed by atoms with van der Waals surface area (Å²) in [7, 11) is -2.77. The molecule has 0 amide bonds. The Balaban J connectivity index is 0.875. The van der Waals surface area contributed by atoms with Gasteiger partial charge in [0.2, 0.25) is 0 Å². The first kappa shape index (κ1) is 44.0. The molecule has 2 aromatic heterocycles. The minimum absolute atomic E-state index is 0.428. The van der Waals surface area contributed by atoms with E-state index in [1.165, 1.54) is 109 Å². The SMILES string of the molecule is c1ccc(C2(c3ccccc3)c3ccccc3-c3cc(-c4ccc5c(c4)c4ccccc4n5-c4ccc5c(c4)c4ccccc4n5-c4cccc([Si](c5ccccc5)(c5ccccc5)c5ccccc5)c4)ccc32)cc1. The van der Waals surface area contributed by atoms with Gasteiger partial charge in [-0.2, -0.15) is 0 Å². The number of benzene rings is 12. The zero-order chi connectivity index (χ0) is 50.2. The third-order valence-corrected chi connectivity index (χ3v) is 21.3. The molecule has 0 spiro atoms. The minimum atomic E-state index is -2.77. The summed E-state index contributed by atoms with van der Waals surface area (Å²) in [4.78, 5) is 0. The van der Waals surface area contributed by atoms with Crippen molar-refractivity contribution in [2.75, 3.05) is 0 Å². The van der Waals surface area contributed by atoms with Crippen molar-refractivity contribution in [3.05, 3.63) is 326 Å². The Labute approximate surface area is 443 Å². The molecule has 76 heavy (non-hydrogen) atoms. The number of para-hydroxylation sites is 2. The topological polar surface area (TPSA) is 9.86 Å². The monoisotopic (exact) mass is 982 g/mol. The molecule has 0 N–H and O–H groups in total. The van der Waals surface area contributed by atoms with Crippen LogP contribution in [-0.4, -0.2) is 17.2 Å². The van der Waals surface area contributed by atoms with Crippen LogP contribution >= 0.6 is 0 Å². The van der Waals surface area contributed by atoms with Crippen LogP contribution in [0.1, 0.15) is 22.3 Å². The van der Waals surface area contributed by atoms with E-state index < -0.39 is 13.5 Å². The largest absolute Gasteiger partial charge is 0.309 e. The highest BCUT2D eigenvalue weighted by molar-refractivity contribution is 7.19. The maximum Gasteiger partial charge on any atom is 0.179 e. The zero-order valence-corrected chi connectivity index (χ0v) is 42.8. The van der Waals surface area contributed by atoms with Gasteiger partial charge in [-0.15, -0.1) is 0 Å². The van der Waals surface area contributed by atoms with Gasteiger partial charge in [-0.1, -0.05) is 243 Å². The molecule has 0 bridgehead atoms. The molecule has 12 aromatic carbocycles. The Kier molecular flexibility index (Phi) is 10.2. The summed E-state index contributed by atoms with van der Waals surface area (Å²) in [6, 6.07) is 113. The lowest BCUT2D eigenvalue weighted by Gasteiger charge is -2.34. The molecule has 0 atom stereocenters. The van der Waals surface area contributed by atoms with E-state index >= 15 is 0 Å². The van der Waals surface area contributed by atoms with Gasteiger partial charge in [0.15, 0.2) is 8.07 Å². The van der Waals surface area contributed by atoms with E-state index in [1.54, 1.807) is 0 Å². The fourth-order valence-corrected chi connectivity index (χ4v) is 18.2. The maximum atomic E-state index is 2.48. The number of hydrogen-bond acceptors (Lipinski definition) is 0. The summed E-state index contributed by atoms with van der Waals surface area (Å²) in [5.74, 6) is 0. The predicted molar refractivity (Wildman–Crippen MR) is 321 cm³/mol. The highest BCUT2D eigenvalue weighted by Gasteiger charge is 2.46. The highest BCUT2D eigenvalue weighted by Crippen LogP contribution is 2.56. The molecule has 0 radical (unpaired) electrons. The van der Waals surface area contributed by atoms with Gasteiger partial charge in [-0.3, -0.25) is 0 Å². The second-order valence-corrected chi connectivity index (χ2v) is 24.1. The molecule has 2 nitrogen and oxygen atoms in total. The summed E-state index contributed by atoms with van der Waals surface area (Å²) >= 11 is 0. The molecule has 0 unspecified atom stereocenters. The first-order chi connectivity index (χ1) is 37.7. The van der Waals surface area contributed by atoms with E-state index in [2.05, 4.69) is 312 Å². The van der Waals surface area contributed by atoms with Crippen molar-refractivity contribution >= 4 is 72.4 Å². The minimum Gasteiger partial charge on any atom is -0.309 e. The van der Waals surface area contributed by atoms with Gasteiger partial charge in [0.1, 0.15) is 0 Å². The van der Waals surface area contributed by atoms with Crippen LogP contribution in [0, 0.1) is 0 Å². The molecule has 0 fully saturated rings. The smallest absolute Gasteiger partial charge is 0.179 e. The van der Waals surface area contributed by atoms with Gasteiger partial charge < -0.3 is 9.13 Å². The summed E-state index contributed by atoms with van der Waals surface area (Å²) in [5.41, 5.74) is 16.8. The van der Waals surface area contributed by atoms with E-state index in [9.17, 15) is 0 Å². The standard InChI is InChI=1S/C73H50N2Si/c1-6-23-53(24-7-1)73(54-25-8-2-9-26-54)67-38-19-16-35-61(67)64-47-51(41-44-68(64)73)52-42-45-71-65(48-52)62-36-17-20-39-69(62)75(71)56-43-46-72-66(50-56)63-37-18-21-40-70(63)74(72)55-27-22-34-60(49-55)76(57-28-10-3-11-29-57,58-30-12-4-13-31-58)59-32-14-5-15-33-59/h1-50H. The third-order valence-electron chi connectivity index (χ3n) is 16.5. The Morgan fingerprint density at radius 3 is 1.26 bits per heavy atom. The van der Waals surface area contributed by atoms with Crippen molar-refractivity contribution in [1.82, 2.24) is 9.13 Å². The predicted octanol–water partition coefficient (Wildman–Crippen LogP) is 15.3. The van der Waals surface area contributed by atoms with Crippen molar-refractivity contribution in [2.24, 2.45) is 0 Å². The van der Waals surface area contributed by atoms with Gasteiger partial charge in [0.25, 0.3) is 0 Å². The fourth-order valence-electron chi connectivity index (χ4n) is 13.4. The first-order valence-electron chi connectivity index (χ1n) is 26.4. The number of hydrogen-bond donors (Lipinski definition) is 0. The van der Waals surface area contributed by atoms with Gasteiger partial charge in [0, 0.05) is 32.9 Å². The summed E-state index contributed by atoms with van der Waals surface area (Å²) in [5, 5.41) is 10.4.